The van der Waals surface area contributed by atoms with Crippen LogP contribution in [0.3, 0.4) is 0 Å². The van der Waals surface area contributed by atoms with Gasteiger partial charge in [-0.15, -0.1) is 13.2 Å². The molecule has 0 spiro atoms. The van der Waals surface area contributed by atoms with Gasteiger partial charge in [0.25, 0.3) is 0 Å². The fourth-order valence-electron chi connectivity index (χ4n) is 5.37. The second-order valence-electron chi connectivity index (χ2n) is 11.0. The maximum Gasteiger partial charge on any atom is 0.573 e. The number of aromatic nitrogens is 3. The molecule has 1 aliphatic carbocycles. The number of para-hydroxylation sites is 1. The molecule has 13 heteroatoms. The highest BCUT2D eigenvalue weighted by molar-refractivity contribution is 7.89. The molecule has 5 rings (SSSR count). The van der Waals surface area contributed by atoms with Crippen molar-refractivity contribution in [2.24, 2.45) is 11.8 Å². The van der Waals surface area contributed by atoms with E-state index in [0.29, 0.717) is 18.4 Å². The molecule has 0 bridgehead atoms. The Bertz CT molecular complexity index is 1630. The molecule has 1 fully saturated rings. The zero-order valence-electron chi connectivity index (χ0n) is 24.3. The second kappa shape index (κ2) is 14.9. The fraction of sp³-hybridized carbons (Fsp3) is 0.406. The molecule has 0 saturated heterocycles. The zero-order valence-corrected chi connectivity index (χ0v) is 25.1. The lowest BCUT2D eigenvalue weighted by atomic mass is 9.82. The van der Waals surface area contributed by atoms with Gasteiger partial charge < -0.3 is 15.0 Å². The molecule has 0 atom stereocenters. The molecule has 45 heavy (non-hydrogen) atoms. The number of fused-ring (bicyclic) bond motifs is 1. The van der Waals surface area contributed by atoms with Gasteiger partial charge in [0, 0.05) is 50.4 Å². The summed E-state index contributed by atoms with van der Waals surface area (Å²) in [5, 5.41) is 4.41. The highest BCUT2D eigenvalue weighted by Gasteiger charge is 2.31. The number of nitrogens with one attached hydrogen (secondary N) is 2. The summed E-state index contributed by atoms with van der Waals surface area (Å²) in [4.78, 5) is 16.0. The summed E-state index contributed by atoms with van der Waals surface area (Å²) in [7, 11) is -1.83. The molecule has 1 aliphatic rings. The molecule has 2 heterocycles. The molecule has 0 radical (unpaired) electrons. The van der Waals surface area contributed by atoms with Crippen LogP contribution in [0.25, 0.3) is 10.9 Å². The van der Waals surface area contributed by atoms with Gasteiger partial charge in [0.1, 0.15) is 11.6 Å². The second-order valence-corrected chi connectivity index (χ2v) is 12.8. The number of rotatable bonds is 12. The molecule has 0 amide bonds. The van der Waals surface area contributed by atoms with Crippen LogP contribution in [-0.2, 0) is 16.4 Å². The molecule has 2 N–H and O–H groups in total. The van der Waals surface area contributed by atoms with Crippen LogP contribution in [0.15, 0.2) is 77.8 Å². The Morgan fingerprint density at radius 3 is 2.24 bits per heavy atom. The fourth-order valence-corrected chi connectivity index (χ4v) is 6.49. The summed E-state index contributed by atoms with van der Waals surface area (Å²) in [6.45, 7) is 1.73. The van der Waals surface area contributed by atoms with E-state index in [2.05, 4.69) is 24.7 Å². The summed E-state index contributed by atoms with van der Waals surface area (Å²) >= 11 is 0. The monoisotopic (exact) mass is 644 g/mol. The number of anilines is 2. The standard InChI is InChI=1S/C31H35F3N6O3S.CH4/c1-40(19-17-24-6-4-5-18-35-24)29-27-7-2-3-8-28(27)38-30(39-29)36-20-22-9-11-23(12-10-22)21-37-44(41,42)26-15-13-25(14-16-26)43-31(32,33)34;/h2-8,13-16,18,22-23,37H,9-12,17,19-21H2,1H3,(H,36,38,39);1H4. The van der Waals surface area contributed by atoms with Crippen LogP contribution in [0, 0.1) is 11.8 Å². The molecule has 4 aromatic rings. The van der Waals surface area contributed by atoms with E-state index >= 15 is 0 Å². The summed E-state index contributed by atoms with van der Waals surface area (Å²) < 4.78 is 68.9. The topological polar surface area (TPSA) is 109 Å². The van der Waals surface area contributed by atoms with Gasteiger partial charge in [0.05, 0.1) is 10.4 Å². The van der Waals surface area contributed by atoms with Crippen LogP contribution in [0.4, 0.5) is 24.9 Å². The van der Waals surface area contributed by atoms with E-state index in [0.717, 1.165) is 85.3 Å². The summed E-state index contributed by atoms with van der Waals surface area (Å²) in [5.41, 5.74) is 1.89. The van der Waals surface area contributed by atoms with Gasteiger partial charge in [-0.2, -0.15) is 4.98 Å². The van der Waals surface area contributed by atoms with Crippen molar-refractivity contribution in [1.29, 1.82) is 0 Å². The van der Waals surface area contributed by atoms with Crippen LogP contribution in [0.1, 0.15) is 38.8 Å². The van der Waals surface area contributed by atoms with E-state index in [-0.39, 0.29) is 24.8 Å². The Morgan fingerprint density at radius 1 is 0.911 bits per heavy atom. The molecule has 1 saturated carbocycles. The maximum absolute atomic E-state index is 12.7. The molecule has 9 nitrogen and oxygen atoms in total. The van der Waals surface area contributed by atoms with E-state index in [1.165, 1.54) is 0 Å². The number of halogens is 3. The molecular formula is C32H39F3N6O3S. The van der Waals surface area contributed by atoms with E-state index < -0.39 is 22.1 Å². The van der Waals surface area contributed by atoms with Crippen molar-refractivity contribution < 1.29 is 26.3 Å². The third-order valence-electron chi connectivity index (χ3n) is 7.82. The highest BCUT2D eigenvalue weighted by Crippen LogP contribution is 2.30. The van der Waals surface area contributed by atoms with Gasteiger partial charge in [-0.1, -0.05) is 25.6 Å². The first-order valence-electron chi connectivity index (χ1n) is 14.5. The number of hydrogen-bond donors (Lipinski definition) is 2. The number of ether oxygens (including phenoxy) is 1. The predicted octanol–water partition coefficient (Wildman–Crippen LogP) is 6.44. The van der Waals surface area contributed by atoms with Crippen LogP contribution >= 0.6 is 0 Å². The minimum atomic E-state index is -4.84. The average molecular weight is 645 g/mol. The minimum absolute atomic E-state index is 0. The van der Waals surface area contributed by atoms with Gasteiger partial charge in [-0.05, 0) is 86.1 Å². The number of likely N-dealkylation sites (N-methyl/N-ethyl adjacent to an activating group) is 1. The molecule has 242 valence electrons. The van der Waals surface area contributed by atoms with Crippen molar-refractivity contribution in [3.8, 4) is 5.75 Å². The third kappa shape index (κ3) is 9.51. The average Bonchev–Trinajstić information content (AvgIpc) is 3.02. The van der Waals surface area contributed by atoms with Crippen LogP contribution in [0.2, 0.25) is 0 Å². The van der Waals surface area contributed by atoms with Crippen molar-refractivity contribution in [1.82, 2.24) is 19.7 Å². The van der Waals surface area contributed by atoms with Crippen molar-refractivity contribution in [3.63, 3.8) is 0 Å². The first-order valence-corrected chi connectivity index (χ1v) is 16.0. The van der Waals surface area contributed by atoms with Gasteiger partial charge in [0.15, 0.2) is 0 Å². The molecule has 0 aliphatic heterocycles. The SMILES string of the molecule is C.CN(CCc1ccccn1)c1nc(NCC2CCC(CNS(=O)(=O)c3ccc(OC(F)(F)F)cc3)CC2)nc2ccccc12. The number of benzene rings is 2. The Balaban J connectivity index is 0.00000461. The molecule has 0 unspecified atom stereocenters. The number of sulfonamides is 1. The Morgan fingerprint density at radius 2 is 1.58 bits per heavy atom. The first kappa shape index (κ1) is 33.9. The smallest absolute Gasteiger partial charge is 0.406 e. The molecule has 2 aromatic heterocycles. The lowest BCUT2D eigenvalue weighted by Gasteiger charge is -2.29. The van der Waals surface area contributed by atoms with Gasteiger partial charge in [-0.3, -0.25) is 4.98 Å². The van der Waals surface area contributed by atoms with Gasteiger partial charge in [0.2, 0.25) is 16.0 Å². The van der Waals surface area contributed by atoms with E-state index in [9.17, 15) is 21.6 Å². The normalized spacial score (nSPS) is 17.0. The molecule has 2 aromatic carbocycles. The predicted molar refractivity (Wildman–Crippen MR) is 170 cm³/mol. The largest absolute Gasteiger partial charge is 0.573 e. The minimum Gasteiger partial charge on any atom is -0.406 e. The van der Waals surface area contributed by atoms with Crippen LogP contribution in [-0.4, -0.2) is 56.4 Å². The Labute approximate surface area is 262 Å². The maximum atomic E-state index is 12.7. The quantitative estimate of drug-likeness (QED) is 0.182. The summed E-state index contributed by atoms with van der Waals surface area (Å²) in [6, 6.07) is 18.0. The van der Waals surface area contributed by atoms with Crippen molar-refractivity contribution >= 4 is 32.7 Å². The van der Waals surface area contributed by atoms with Crippen LogP contribution in [0.5, 0.6) is 5.75 Å². The van der Waals surface area contributed by atoms with Gasteiger partial charge >= 0.3 is 6.36 Å². The summed E-state index contributed by atoms with van der Waals surface area (Å²) in [5.74, 6) is 1.52. The number of nitrogens with zero attached hydrogens (tertiary/aromatic N) is 4. The third-order valence-corrected chi connectivity index (χ3v) is 9.26. The number of pyridine rings is 1. The highest BCUT2D eigenvalue weighted by atomic mass is 32.2. The van der Waals surface area contributed by atoms with Crippen molar-refractivity contribution in [2.45, 2.75) is 50.8 Å². The zero-order chi connectivity index (χ0) is 31.2. The van der Waals surface area contributed by atoms with E-state index in [1.807, 2.05) is 49.5 Å². The number of alkyl halides is 3. The van der Waals surface area contributed by atoms with Crippen molar-refractivity contribution in [3.05, 3.63) is 78.6 Å². The van der Waals surface area contributed by atoms with E-state index in [1.54, 1.807) is 6.20 Å². The first-order chi connectivity index (χ1) is 21.1. The van der Waals surface area contributed by atoms with E-state index in [4.69, 9.17) is 9.97 Å². The molecular weight excluding hydrogens is 605 g/mol. The van der Waals surface area contributed by atoms with Gasteiger partial charge in [-0.25, -0.2) is 18.1 Å². The lowest BCUT2D eigenvalue weighted by Crippen LogP contribution is -2.32. The summed E-state index contributed by atoms with van der Waals surface area (Å²) in [6.07, 6.45) is 1.31. The lowest BCUT2D eigenvalue weighted by molar-refractivity contribution is -0.274. The van der Waals surface area contributed by atoms with Crippen molar-refractivity contribution in [2.75, 3.05) is 36.9 Å². The number of hydrogen-bond acceptors (Lipinski definition) is 8. The Hall–Kier alpha value is -3.97. The Kier molecular flexibility index (Phi) is 11.2. The van der Waals surface area contributed by atoms with Crippen LogP contribution < -0.4 is 19.7 Å².